The summed E-state index contributed by atoms with van der Waals surface area (Å²) >= 11 is 0. The zero-order valence-corrected chi connectivity index (χ0v) is 8.19. The molecule has 5 heteroatoms. The monoisotopic (exact) mass is 211 g/mol. The fourth-order valence-corrected chi connectivity index (χ4v) is 1.68. The van der Waals surface area contributed by atoms with Gasteiger partial charge in [-0.3, -0.25) is 4.68 Å². The third-order valence-corrected chi connectivity index (χ3v) is 2.37. The quantitative estimate of drug-likeness (QED) is 0.823. The first-order valence-electron chi connectivity index (χ1n) is 4.56. The Morgan fingerprint density at radius 2 is 2.00 bits per heavy atom. The van der Waals surface area contributed by atoms with Crippen molar-refractivity contribution in [3.8, 4) is 0 Å². The van der Waals surface area contributed by atoms with Crippen molar-refractivity contribution in [2.75, 3.05) is 0 Å². The van der Waals surface area contributed by atoms with Crippen molar-refractivity contribution in [3.05, 3.63) is 30.0 Å². The van der Waals surface area contributed by atoms with Crippen molar-refractivity contribution < 1.29 is 8.78 Å². The number of alkyl halides is 2. The summed E-state index contributed by atoms with van der Waals surface area (Å²) in [7, 11) is 1.62. The molecule has 1 atom stereocenters. The molecule has 1 heterocycles. The Balaban J connectivity index is 2.63. The minimum Gasteiger partial charge on any atom is -0.318 e. The van der Waals surface area contributed by atoms with E-state index in [2.05, 4.69) is 5.10 Å². The van der Waals surface area contributed by atoms with E-state index in [0.29, 0.717) is 16.6 Å². The lowest BCUT2D eigenvalue weighted by Crippen LogP contribution is -2.22. The number of nitrogens with zero attached hydrogens (tertiary/aromatic N) is 2. The second-order valence-corrected chi connectivity index (χ2v) is 3.39. The number of fused-ring (bicyclic) bond motifs is 1. The van der Waals surface area contributed by atoms with Crippen molar-refractivity contribution in [1.29, 1.82) is 0 Å². The Kier molecular flexibility index (Phi) is 2.40. The van der Waals surface area contributed by atoms with E-state index in [1.807, 2.05) is 6.07 Å². The summed E-state index contributed by atoms with van der Waals surface area (Å²) in [6.45, 7) is 0. The second-order valence-electron chi connectivity index (χ2n) is 3.39. The summed E-state index contributed by atoms with van der Waals surface area (Å²) < 4.78 is 26.5. The third-order valence-electron chi connectivity index (χ3n) is 2.37. The van der Waals surface area contributed by atoms with E-state index in [1.165, 1.54) is 4.68 Å². The fourth-order valence-electron chi connectivity index (χ4n) is 1.68. The molecular formula is C10H11F2N3. The number of rotatable bonds is 2. The third kappa shape index (κ3) is 1.59. The van der Waals surface area contributed by atoms with Gasteiger partial charge in [0, 0.05) is 12.4 Å². The van der Waals surface area contributed by atoms with Crippen LogP contribution in [0.4, 0.5) is 8.78 Å². The van der Waals surface area contributed by atoms with E-state index in [4.69, 9.17) is 5.73 Å². The van der Waals surface area contributed by atoms with Gasteiger partial charge in [0.15, 0.2) is 0 Å². The Morgan fingerprint density at radius 1 is 1.33 bits per heavy atom. The zero-order chi connectivity index (χ0) is 11.0. The van der Waals surface area contributed by atoms with Crippen molar-refractivity contribution in [2.24, 2.45) is 12.8 Å². The smallest absolute Gasteiger partial charge is 0.259 e. The minimum absolute atomic E-state index is 0.376. The number of benzene rings is 1. The van der Waals surface area contributed by atoms with Crippen LogP contribution in [0.15, 0.2) is 24.3 Å². The lowest BCUT2D eigenvalue weighted by molar-refractivity contribution is 0.113. The second kappa shape index (κ2) is 3.58. The van der Waals surface area contributed by atoms with Crippen LogP contribution in [-0.4, -0.2) is 16.2 Å². The molecule has 0 saturated carbocycles. The first-order valence-corrected chi connectivity index (χ1v) is 4.56. The molecule has 0 spiro atoms. The van der Waals surface area contributed by atoms with Gasteiger partial charge >= 0.3 is 0 Å². The van der Waals surface area contributed by atoms with Crippen LogP contribution in [0.1, 0.15) is 11.7 Å². The number of hydrogen-bond donors (Lipinski definition) is 1. The Labute approximate surface area is 85.5 Å². The van der Waals surface area contributed by atoms with Crippen LogP contribution in [0.5, 0.6) is 0 Å². The van der Waals surface area contributed by atoms with E-state index in [0.717, 1.165) is 0 Å². The summed E-state index contributed by atoms with van der Waals surface area (Å²) in [5, 5.41) is 4.81. The first kappa shape index (κ1) is 10.0. The maximum Gasteiger partial charge on any atom is 0.259 e. The van der Waals surface area contributed by atoms with E-state index in [1.54, 1.807) is 25.2 Å². The van der Waals surface area contributed by atoms with Crippen LogP contribution in [0.3, 0.4) is 0 Å². The number of hydrogen-bond acceptors (Lipinski definition) is 2. The van der Waals surface area contributed by atoms with Crippen LogP contribution in [0.2, 0.25) is 0 Å². The van der Waals surface area contributed by atoms with Gasteiger partial charge in [-0.2, -0.15) is 5.10 Å². The van der Waals surface area contributed by atoms with Crippen molar-refractivity contribution >= 4 is 10.9 Å². The highest BCUT2D eigenvalue weighted by Gasteiger charge is 2.23. The van der Waals surface area contributed by atoms with Gasteiger partial charge < -0.3 is 5.73 Å². The lowest BCUT2D eigenvalue weighted by Gasteiger charge is -2.10. The molecule has 1 aromatic carbocycles. The summed E-state index contributed by atoms with van der Waals surface area (Å²) in [6.07, 6.45) is -2.58. The van der Waals surface area contributed by atoms with Crippen molar-refractivity contribution in [1.82, 2.24) is 9.78 Å². The standard InChI is InChI=1S/C10H11F2N3/c1-15-9(8(13)10(11)12)6-4-2-3-5-7(6)14-15/h2-5,8,10H,13H2,1H3. The molecule has 0 aliphatic rings. The SMILES string of the molecule is Cn1nc2ccccc2c1C(N)C(F)F. The van der Waals surface area contributed by atoms with Crippen LogP contribution in [0.25, 0.3) is 10.9 Å². The van der Waals surface area contributed by atoms with Crippen molar-refractivity contribution in [2.45, 2.75) is 12.5 Å². The zero-order valence-electron chi connectivity index (χ0n) is 8.19. The Morgan fingerprint density at radius 3 is 2.67 bits per heavy atom. The highest BCUT2D eigenvalue weighted by atomic mass is 19.3. The van der Waals surface area contributed by atoms with Gasteiger partial charge in [-0.1, -0.05) is 18.2 Å². The van der Waals surface area contributed by atoms with Gasteiger partial charge in [-0.15, -0.1) is 0 Å². The molecule has 15 heavy (non-hydrogen) atoms. The van der Waals surface area contributed by atoms with Gasteiger partial charge in [-0.25, -0.2) is 8.78 Å². The molecule has 2 rings (SSSR count). The largest absolute Gasteiger partial charge is 0.318 e. The molecule has 0 saturated heterocycles. The predicted octanol–water partition coefficient (Wildman–Crippen LogP) is 1.84. The van der Waals surface area contributed by atoms with Crippen LogP contribution >= 0.6 is 0 Å². The number of aromatic nitrogens is 2. The molecule has 2 aromatic rings. The number of halogens is 2. The number of aryl methyl sites for hydroxylation is 1. The molecule has 0 aliphatic heterocycles. The van der Waals surface area contributed by atoms with Gasteiger partial charge in [-0.05, 0) is 6.07 Å². The topological polar surface area (TPSA) is 43.8 Å². The summed E-state index contributed by atoms with van der Waals surface area (Å²) in [4.78, 5) is 0. The van der Waals surface area contributed by atoms with Gasteiger partial charge in [0.25, 0.3) is 6.43 Å². The van der Waals surface area contributed by atoms with Crippen molar-refractivity contribution in [3.63, 3.8) is 0 Å². The molecule has 0 radical (unpaired) electrons. The molecule has 2 N–H and O–H groups in total. The van der Waals surface area contributed by atoms with Gasteiger partial charge in [0.2, 0.25) is 0 Å². The van der Waals surface area contributed by atoms with E-state index < -0.39 is 12.5 Å². The molecule has 0 aliphatic carbocycles. The van der Waals surface area contributed by atoms with Gasteiger partial charge in [0.05, 0.1) is 11.2 Å². The van der Waals surface area contributed by atoms with Crippen LogP contribution in [-0.2, 0) is 7.05 Å². The maximum absolute atomic E-state index is 12.5. The predicted molar refractivity (Wildman–Crippen MR) is 53.6 cm³/mol. The summed E-state index contributed by atoms with van der Waals surface area (Å²) in [5.74, 6) is 0. The van der Waals surface area contributed by atoms with Crippen LogP contribution in [0, 0.1) is 0 Å². The molecule has 1 unspecified atom stereocenters. The lowest BCUT2D eigenvalue weighted by atomic mass is 10.1. The average molecular weight is 211 g/mol. The van der Waals surface area contributed by atoms with Crippen LogP contribution < -0.4 is 5.73 Å². The molecule has 0 fully saturated rings. The molecule has 1 aromatic heterocycles. The molecular weight excluding hydrogens is 200 g/mol. The van der Waals surface area contributed by atoms with E-state index in [9.17, 15) is 8.78 Å². The Hall–Kier alpha value is -1.49. The summed E-state index contributed by atoms with van der Waals surface area (Å²) in [6, 6.07) is 5.83. The normalized spacial score (nSPS) is 13.7. The maximum atomic E-state index is 12.5. The summed E-state index contributed by atoms with van der Waals surface area (Å²) in [5.41, 5.74) is 6.50. The minimum atomic E-state index is -2.58. The Bertz CT molecular complexity index is 478. The first-order chi connectivity index (χ1) is 7.11. The molecule has 0 amide bonds. The molecule has 3 nitrogen and oxygen atoms in total. The van der Waals surface area contributed by atoms with Gasteiger partial charge in [0.1, 0.15) is 6.04 Å². The average Bonchev–Trinajstić information content (AvgIpc) is 2.52. The number of nitrogens with two attached hydrogens (primary N) is 1. The van der Waals surface area contributed by atoms with E-state index >= 15 is 0 Å². The molecule has 80 valence electrons. The highest BCUT2D eigenvalue weighted by Crippen LogP contribution is 2.25. The highest BCUT2D eigenvalue weighted by molar-refractivity contribution is 5.81. The van der Waals surface area contributed by atoms with E-state index in [-0.39, 0.29) is 0 Å². The molecule has 0 bridgehead atoms. The fraction of sp³-hybridized carbons (Fsp3) is 0.300.